The molecule has 0 saturated heterocycles. The molecule has 0 fully saturated rings. The van der Waals surface area contributed by atoms with Gasteiger partial charge in [-0.25, -0.2) is 13.8 Å². The lowest BCUT2D eigenvalue weighted by atomic mass is 10.2. The van der Waals surface area contributed by atoms with Crippen LogP contribution in [0.4, 0.5) is 14.5 Å². The van der Waals surface area contributed by atoms with E-state index in [0.717, 1.165) is 6.07 Å². The number of hydrogen-bond donors (Lipinski definition) is 1. The molecule has 0 aliphatic rings. The number of nitrogen functional groups attached to an aromatic ring is 1. The molecule has 0 aliphatic carbocycles. The Hall–Kier alpha value is -2.28. The predicted octanol–water partition coefficient (Wildman–Crippen LogP) is 3.56. The highest BCUT2D eigenvalue weighted by Gasteiger charge is 2.15. The van der Waals surface area contributed by atoms with Gasteiger partial charge in [-0.05, 0) is 28.1 Å². The van der Waals surface area contributed by atoms with Crippen molar-refractivity contribution >= 4 is 21.6 Å². The average Bonchev–Trinajstić information content (AvgIpc) is 2.92. The standard InChI is InChI=1S/C14H9BrF2N4/c15-9-3-13(11(17)4-10(9)16)21-7-20-6-14(21)8-5-19-2-1-12(8)18/h1-7H,(H2,18,19). The summed E-state index contributed by atoms with van der Waals surface area (Å²) >= 11 is 3.05. The Bertz CT molecular complexity index is 816. The van der Waals surface area contributed by atoms with Crippen LogP contribution in [0.3, 0.4) is 0 Å². The molecule has 3 rings (SSSR count). The molecule has 21 heavy (non-hydrogen) atoms. The van der Waals surface area contributed by atoms with E-state index in [1.807, 2.05) is 0 Å². The summed E-state index contributed by atoms with van der Waals surface area (Å²) in [6.45, 7) is 0. The van der Waals surface area contributed by atoms with E-state index in [-0.39, 0.29) is 10.2 Å². The summed E-state index contributed by atoms with van der Waals surface area (Å²) in [6, 6.07) is 3.81. The zero-order valence-corrected chi connectivity index (χ0v) is 12.2. The van der Waals surface area contributed by atoms with E-state index in [1.54, 1.807) is 24.7 Å². The average molecular weight is 351 g/mol. The summed E-state index contributed by atoms with van der Waals surface area (Å²) in [5.74, 6) is -1.36. The fourth-order valence-electron chi connectivity index (χ4n) is 2.00. The first-order chi connectivity index (χ1) is 10.1. The first kappa shape index (κ1) is 13.7. The zero-order chi connectivity index (χ0) is 15.0. The van der Waals surface area contributed by atoms with Crippen molar-refractivity contribution in [2.24, 2.45) is 0 Å². The van der Waals surface area contributed by atoms with Crippen LogP contribution >= 0.6 is 15.9 Å². The van der Waals surface area contributed by atoms with Crippen LogP contribution in [0.2, 0.25) is 0 Å². The summed E-state index contributed by atoms with van der Waals surface area (Å²) < 4.78 is 29.0. The van der Waals surface area contributed by atoms with Gasteiger partial charge in [0.05, 0.1) is 28.4 Å². The first-order valence-electron chi connectivity index (χ1n) is 5.95. The number of nitrogens with zero attached hydrogens (tertiary/aromatic N) is 3. The number of imidazole rings is 1. The van der Waals surface area contributed by atoms with Crippen molar-refractivity contribution in [2.75, 3.05) is 5.73 Å². The molecule has 0 saturated carbocycles. The van der Waals surface area contributed by atoms with E-state index in [9.17, 15) is 8.78 Å². The Morgan fingerprint density at radius 1 is 1.10 bits per heavy atom. The monoisotopic (exact) mass is 350 g/mol. The van der Waals surface area contributed by atoms with Gasteiger partial charge in [-0.2, -0.15) is 0 Å². The van der Waals surface area contributed by atoms with E-state index < -0.39 is 11.6 Å². The van der Waals surface area contributed by atoms with Crippen molar-refractivity contribution in [1.29, 1.82) is 0 Å². The first-order valence-corrected chi connectivity index (χ1v) is 6.74. The molecule has 0 bridgehead atoms. The fraction of sp³-hybridized carbons (Fsp3) is 0. The van der Waals surface area contributed by atoms with Gasteiger partial charge in [0.2, 0.25) is 0 Å². The van der Waals surface area contributed by atoms with Gasteiger partial charge in [-0.15, -0.1) is 0 Å². The van der Waals surface area contributed by atoms with Gasteiger partial charge in [0.25, 0.3) is 0 Å². The molecule has 0 aliphatic heterocycles. The van der Waals surface area contributed by atoms with Crippen molar-refractivity contribution < 1.29 is 8.78 Å². The minimum absolute atomic E-state index is 0.165. The number of hydrogen-bond acceptors (Lipinski definition) is 3. The molecule has 2 aromatic heterocycles. The Kier molecular flexibility index (Phi) is 3.42. The number of benzene rings is 1. The van der Waals surface area contributed by atoms with Crippen LogP contribution in [-0.4, -0.2) is 14.5 Å². The van der Waals surface area contributed by atoms with Gasteiger partial charge < -0.3 is 5.73 Å². The Morgan fingerprint density at radius 3 is 2.67 bits per heavy atom. The molecule has 0 amide bonds. The Labute approximate surface area is 127 Å². The van der Waals surface area contributed by atoms with Gasteiger partial charge in [0, 0.05) is 29.7 Å². The number of anilines is 1. The molecule has 3 aromatic rings. The molecule has 2 heterocycles. The largest absolute Gasteiger partial charge is 0.398 e. The minimum Gasteiger partial charge on any atom is -0.398 e. The maximum atomic E-state index is 14.0. The quantitative estimate of drug-likeness (QED) is 0.719. The number of aromatic nitrogens is 3. The van der Waals surface area contributed by atoms with Gasteiger partial charge in [-0.1, -0.05) is 0 Å². The highest BCUT2D eigenvalue weighted by atomic mass is 79.9. The molecule has 0 atom stereocenters. The number of halogens is 3. The fourth-order valence-corrected chi connectivity index (χ4v) is 2.33. The molecule has 7 heteroatoms. The maximum Gasteiger partial charge on any atom is 0.150 e. The highest BCUT2D eigenvalue weighted by molar-refractivity contribution is 9.10. The normalized spacial score (nSPS) is 10.8. The smallest absolute Gasteiger partial charge is 0.150 e. The van der Waals surface area contributed by atoms with Gasteiger partial charge in [0.1, 0.15) is 11.6 Å². The third-order valence-electron chi connectivity index (χ3n) is 3.02. The lowest BCUT2D eigenvalue weighted by molar-refractivity contribution is 0.574. The highest BCUT2D eigenvalue weighted by Crippen LogP contribution is 2.29. The molecule has 0 radical (unpaired) electrons. The van der Waals surface area contributed by atoms with Gasteiger partial charge >= 0.3 is 0 Å². The topological polar surface area (TPSA) is 56.7 Å². The van der Waals surface area contributed by atoms with Crippen LogP contribution in [0, 0.1) is 11.6 Å². The van der Waals surface area contributed by atoms with E-state index in [1.165, 1.54) is 17.0 Å². The van der Waals surface area contributed by atoms with Crippen molar-refractivity contribution in [3.8, 4) is 16.9 Å². The lowest BCUT2D eigenvalue weighted by Gasteiger charge is -2.11. The van der Waals surface area contributed by atoms with E-state index >= 15 is 0 Å². The summed E-state index contributed by atoms with van der Waals surface area (Å²) in [6.07, 6.45) is 6.11. The number of nitrogens with two attached hydrogens (primary N) is 1. The van der Waals surface area contributed by atoms with E-state index in [0.29, 0.717) is 16.9 Å². The summed E-state index contributed by atoms with van der Waals surface area (Å²) in [7, 11) is 0. The lowest BCUT2D eigenvalue weighted by Crippen LogP contribution is -2.01. The van der Waals surface area contributed by atoms with Crippen molar-refractivity contribution in [3.05, 3.63) is 59.2 Å². The molecule has 0 unspecified atom stereocenters. The molecule has 106 valence electrons. The molecule has 0 spiro atoms. The second-order valence-electron chi connectivity index (χ2n) is 4.33. The molecular weight excluding hydrogens is 342 g/mol. The van der Waals surface area contributed by atoms with Crippen molar-refractivity contribution in [3.63, 3.8) is 0 Å². The van der Waals surface area contributed by atoms with Crippen molar-refractivity contribution in [2.45, 2.75) is 0 Å². The van der Waals surface area contributed by atoms with Crippen LogP contribution in [0.5, 0.6) is 0 Å². The van der Waals surface area contributed by atoms with Crippen LogP contribution in [-0.2, 0) is 0 Å². The number of rotatable bonds is 2. The van der Waals surface area contributed by atoms with E-state index in [4.69, 9.17) is 5.73 Å². The van der Waals surface area contributed by atoms with Crippen molar-refractivity contribution in [1.82, 2.24) is 14.5 Å². The maximum absolute atomic E-state index is 14.0. The number of pyridine rings is 1. The second-order valence-corrected chi connectivity index (χ2v) is 5.18. The third-order valence-corrected chi connectivity index (χ3v) is 3.63. The second kappa shape index (κ2) is 5.25. The van der Waals surface area contributed by atoms with E-state index in [2.05, 4.69) is 25.9 Å². The van der Waals surface area contributed by atoms with Gasteiger partial charge in [0.15, 0.2) is 0 Å². The van der Waals surface area contributed by atoms with Gasteiger partial charge in [-0.3, -0.25) is 9.55 Å². The van der Waals surface area contributed by atoms with Crippen LogP contribution in [0.25, 0.3) is 16.9 Å². The zero-order valence-electron chi connectivity index (χ0n) is 10.6. The third kappa shape index (κ3) is 2.40. The summed E-state index contributed by atoms with van der Waals surface area (Å²) in [4.78, 5) is 8.02. The summed E-state index contributed by atoms with van der Waals surface area (Å²) in [5.41, 5.74) is 7.75. The van der Waals surface area contributed by atoms with Crippen LogP contribution in [0.1, 0.15) is 0 Å². The summed E-state index contributed by atoms with van der Waals surface area (Å²) in [5, 5.41) is 0. The molecule has 1 aromatic carbocycles. The molecule has 4 nitrogen and oxygen atoms in total. The Balaban J connectivity index is 2.21. The molecular formula is C14H9BrF2N4. The Morgan fingerprint density at radius 2 is 1.90 bits per heavy atom. The predicted molar refractivity (Wildman–Crippen MR) is 78.8 cm³/mol. The minimum atomic E-state index is -0.697. The van der Waals surface area contributed by atoms with Crippen LogP contribution < -0.4 is 5.73 Å². The molecule has 2 N–H and O–H groups in total. The van der Waals surface area contributed by atoms with Crippen LogP contribution in [0.15, 0.2) is 47.6 Å². The SMILES string of the molecule is Nc1ccncc1-c1cncn1-c1cc(Br)c(F)cc1F.